The number of ether oxygens (including phenoxy) is 1. The molecular formula is C23H38N2O. The first-order chi connectivity index (χ1) is 12.3. The molecule has 0 amide bonds. The normalized spacial score (nSPS) is 19.2. The van der Waals surface area contributed by atoms with Crippen molar-refractivity contribution in [3.8, 4) is 0 Å². The average molecular weight is 359 g/mol. The molecule has 0 unspecified atom stereocenters. The maximum atomic E-state index is 5.92. The number of benzene rings is 1. The molecule has 2 heterocycles. The quantitative estimate of drug-likeness (QED) is 0.713. The number of hydrogen-bond donors (Lipinski definition) is 0. The topological polar surface area (TPSA) is 15.7 Å². The van der Waals surface area contributed by atoms with Crippen molar-refractivity contribution >= 4 is 11.4 Å². The van der Waals surface area contributed by atoms with Gasteiger partial charge in [-0.25, -0.2) is 0 Å². The smallest absolute Gasteiger partial charge is 0.0598 e. The summed E-state index contributed by atoms with van der Waals surface area (Å²) in [6, 6.07) is 7.77. The molecule has 0 atom stereocenters. The number of anilines is 2. The number of piperidine rings is 1. The zero-order chi connectivity index (χ0) is 18.7. The average Bonchev–Trinajstić information content (AvgIpc) is 2.60. The van der Waals surface area contributed by atoms with Crippen molar-refractivity contribution < 1.29 is 4.74 Å². The molecular weight excluding hydrogens is 320 g/mol. The van der Waals surface area contributed by atoms with Crippen molar-refractivity contribution in [2.45, 2.75) is 78.4 Å². The van der Waals surface area contributed by atoms with Crippen LogP contribution in [0.3, 0.4) is 0 Å². The lowest BCUT2D eigenvalue weighted by molar-refractivity contribution is -0.0103. The first kappa shape index (κ1) is 19.5. The highest BCUT2D eigenvalue weighted by Crippen LogP contribution is 2.33. The van der Waals surface area contributed by atoms with Gasteiger partial charge < -0.3 is 14.5 Å². The molecule has 1 saturated heterocycles. The van der Waals surface area contributed by atoms with Crippen molar-refractivity contribution in [2.75, 3.05) is 36.0 Å². The van der Waals surface area contributed by atoms with E-state index in [-0.39, 0.29) is 5.60 Å². The second-order valence-corrected chi connectivity index (χ2v) is 9.38. The Hall–Kier alpha value is -1.22. The van der Waals surface area contributed by atoms with Gasteiger partial charge in [-0.2, -0.15) is 0 Å². The van der Waals surface area contributed by atoms with Gasteiger partial charge in [-0.05, 0) is 96.4 Å². The van der Waals surface area contributed by atoms with Crippen molar-refractivity contribution in [1.29, 1.82) is 0 Å². The summed E-state index contributed by atoms with van der Waals surface area (Å²) >= 11 is 0. The fourth-order valence-corrected chi connectivity index (χ4v) is 4.36. The lowest BCUT2D eigenvalue weighted by Crippen LogP contribution is -2.36. The van der Waals surface area contributed by atoms with Crippen LogP contribution in [0.15, 0.2) is 18.2 Å². The summed E-state index contributed by atoms with van der Waals surface area (Å²) in [5.41, 5.74) is 4.43. The highest BCUT2D eigenvalue weighted by molar-refractivity contribution is 5.63. The Morgan fingerprint density at radius 3 is 2.50 bits per heavy atom. The van der Waals surface area contributed by atoms with Crippen LogP contribution in [0.4, 0.5) is 11.4 Å². The van der Waals surface area contributed by atoms with Gasteiger partial charge in [-0.3, -0.25) is 0 Å². The Morgan fingerprint density at radius 1 is 1.12 bits per heavy atom. The van der Waals surface area contributed by atoms with E-state index in [1.54, 1.807) is 5.56 Å². The molecule has 146 valence electrons. The van der Waals surface area contributed by atoms with Crippen LogP contribution in [0, 0.1) is 5.92 Å². The van der Waals surface area contributed by atoms with Crippen LogP contribution >= 0.6 is 0 Å². The van der Waals surface area contributed by atoms with Crippen LogP contribution in [0.1, 0.15) is 65.9 Å². The van der Waals surface area contributed by atoms with Gasteiger partial charge in [0.1, 0.15) is 0 Å². The van der Waals surface area contributed by atoms with Crippen LogP contribution in [-0.2, 0) is 11.2 Å². The summed E-state index contributed by atoms with van der Waals surface area (Å²) in [7, 11) is 0. The van der Waals surface area contributed by atoms with Gasteiger partial charge in [-0.15, -0.1) is 0 Å². The Labute approximate surface area is 160 Å². The van der Waals surface area contributed by atoms with Crippen LogP contribution in [-0.4, -0.2) is 37.9 Å². The summed E-state index contributed by atoms with van der Waals surface area (Å²) < 4.78 is 5.92. The van der Waals surface area contributed by atoms with Gasteiger partial charge in [0.2, 0.25) is 0 Å². The summed E-state index contributed by atoms with van der Waals surface area (Å²) in [6.45, 7) is 15.5. The molecule has 2 aliphatic rings. The van der Waals surface area contributed by atoms with Gasteiger partial charge in [-0.1, -0.05) is 0 Å². The number of rotatable bonds is 5. The molecule has 0 bridgehead atoms. The van der Waals surface area contributed by atoms with E-state index in [4.69, 9.17) is 4.74 Å². The third-order valence-corrected chi connectivity index (χ3v) is 5.88. The second kappa shape index (κ2) is 8.21. The van der Waals surface area contributed by atoms with E-state index in [0.717, 1.165) is 12.5 Å². The number of aryl methyl sites for hydroxylation is 1. The second-order valence-electron chi connectivity index (χ2n) is 9.38. The zero-order valence-corrected chi connectivity index (χ0v) is 17.6. The minimum atomic E-state index is -0.00625. The number of hydrogen-bond acceptors (Lipinski definition) is 3. The predicted octanol–water partition coefficient (Wildman–Crippen LogP) is 5.27. The van der Waals surface area contributed by atoms with Crippen LogP contribution in [0.25, 0.3) is 0 Å². The maximum absolute atomic E-state index is 5.92. The van der Waals surface area contributed by atoms with E-state index in [1.165, 1.54) is 63.1 Å². The van der Waals surface area contributed by atoms with E-state index in [0.29, 0.717) is 6.04 Å². The maximum Gasteiger partial charge on any atom is 0.0598 e. The monoisotopic (exact) mass is 358 g/mol. The lowest BCUT2D eigenvalue weighted by atomic mass is 9.93. The summed E-state index contributed by atoms with van der Waals surface area (Å²) in [5, 5.41) is 0. The first-order valence-corrected chi connectivity index (χ1v) is 10.6. The van der Waals surface area contributed by atoms with Gasteiger partial charge in [0.25, 0.3) is 0 Å². The molecule has 0 saturated carbocycles. The molecule has 0 aliphatic carbocycles. The predicted molar refractivity (Wildman–Crippen MR) is 113 cm³/mol. The molecule has 0 spiro atoms. The molecule has 3 nitrogen and oxygen atoms in total. The Balaban J connectivity index is 1.55. The fourth-order valence-electron chi connectivity index (χ4n) is 4.36. The van der Waals surface area contributed by atoms with Crippen molar-refractivity contribution in [3.63, 3.8) is 0 Å². The SMILES string of the molecule is CC(C)N1CCCc2cc(N3CCC(CCOC(C)(C)C)CC3)ccc21. The Bertz CT molecular complexity index is 582. The van der Waals surface area contributed by atoms with Gasteiger partial charge in [0, 0.05) is 43.7 Å². The van der Waals surface area contributed by atoms with E-state index < -0.39 is 0 Å². The van der Waals surface area contributed by atoms with Gasteiger partial charge >= 0.3 is 0 Å². The highest BCUT2D eigenvalue weighted by Gasteiger charge is 2.23. The third kappa shape index (κ3) is 4.94. The summed E-state index contributed by atoms with van der Waals surface area (Å²) in [5.74, 6) is 0.822. The highest BCUT2D eigenvalue weighted by atomic mass is 16.5. The summed E-state index contributed by atoms with van der Waals surface area (Å²) in [4.78, 5) is 5.15. The molecule has 3 rings (SSSR count). The standard InChI is InChI=1S/C23H38N2O/c1-18(2)25-13-6-7-20-17-21(8-9-22(20)25)24-14-10-19(11-15-24)12-16-26-23(3,4)5/h8-9,17-19H,6-7,10-16H2,1-5H3. The molecule has 1 fully saturated rings. The lowest BCUT2D eigenvalue weighted by Gasteiger charge is -2.37. The largest absolute Gasteiger partial charge is 0.376 e. The van der Waals surface area contributed by atoms with Gasteiger partial charge in [0.05, 0.1) is 5.60 Å². The minimum absolute atomic E-state index is 0.00625. The van der Waals surface area contributed by atoms with Crippen molar-refractivity contribution in [3.05, 3.63) is 23.8 Å². The fraction of sp³-hybridized carbons (Fsp3) is 0.739. The first-order valence-electron chi connectivity index (χ1n) is 10.6. The molecule has 26 heavy (non-hydrogen) atoms. The van der Waals surface area contributed by atoms with E-state index >= 15 is 0 Å². The third-order valence-electron chi connectivity index (χ3n) is 5.88. The molecule has 2 aliphatic heterocycles. The van der Waals surface area contributed by atoms with E-state index in [1.807, 2.05) is 0 Å². The molecule has 0 N–H and O–H groups in total. The molecule has 1 aromatic rings. The van der Waals surface area contributed by atoms with Crippen LogP contribution < -0.4 is 9.80 Å². The number of nitrogens with zero attached hydrogens (tertiary/aromatic N) is 2. The van der Waals surface area contributed by atoms with Crippen molar-refractivity contribution in [1.82, 2.24) is 0 Å². The Kier molecular flexibility index (Phi) is 6.17. The minimum Gasteiger partial charge on any atom is -0.376 e. The Morgan fingerprint density at radius 2 is 1.85 bits per heavy atom. The van der Waals surface area contributed by atoms with E-state index in [9.17, 15) is 0 Å². The van der Waals surface area contributed by atoms with Crippen LogP contribution in [0.2, 0.25) is 0 Å². The zero-order valence-electron chi connectivity index (χ0n) is 17.6. The summed E-state index contributed by atoms with van der Waals surface area (Å²) in [6.07, 6.45) is 6.31. The van der Waals surface area contributed by atoms with Gasteiger partial charge in [0.15, 0.2) is 0 Å². The molecule has 1 aromatic carbocycles. The molecule has 3 heteroatoms. The van der Waals surface area contributed by atoms with E-state index in [2.05, 4.69) is 62.6 Å². The van der Waals surface area contributed by atoms with Crippen molar-refractivity contribution in [2.24, 2.45) is 5.92 Å². The molecule has 0 aromatic heterocycles. The number of fused-ring (bicyclic) bond motifs is 1. The molecule has 0 radical (unpaired) electrons. The van der Waals surface area contributed by atoms with Crippen LogP contribution in [0.5, 0.6) is 0 Å².